The van der Waals surface area contributed by atoms with Crippen LogP contribution in [-0.4, -0.2) is 35.3 Å². The van der Waals surface area contributed by atoms with Crippen molar-refractivity contribution in [3.8, 4) is 0 Å². The third kappa shape index (κ3) is 4.92. The summed E-state index contributed by atoms with van der Waals surface area (Å²) in [6, 6.07) is 0.174. The molecule has 1 atom stereocenters. The fraction of sp³-hybridized carbons (Fsp3) is 0.857. The summed E-state index contributed by atoms with van der Waals surface area (Å²) in [5, 5.41) is 22.8. The van der Waals surface area contributed by atoms with Crippen LogP contribution in [0.5, 0.6) is 0 Å². The second-order valence-corrected chi connectivity index (χ2v) is 2.58. The molecule has 0 radical (unpaired) electrons. The maximum Gasteiger partial charge on any atom is 0.140 e. The summed E-state index contributed by atoms with van der Waals surface area (Å²) >= 11 is 0. The Balaban J connectivity index is 3.67. The van der Waals surface area contributed by atoms with E-state index in [0.29, 0.717) is 13.0 Å². The number of hydrogen-bond acceptors (Lipinski definition) is 4. The number of nitrogens with one attached hydrogen (secondary N) is 1. The number of oxime groups is 1. The number of nitrogens with zero attached hydrogens (tertiary/aromatic N) is 1. The van der Waals surface area contributed by atoms with Crippen LogP contribution in [0.2, 0.25) is 0 Å². The van der Waals surface area contributed by atoms with Gasteiger partial charge in [0.1, 0.15) is 5.84 Å². The van der Waals surface area contributed by atoms with Crippen LogP contribution in [0.4, 0.5) is 0 Å². The van der Waals surface area contributed by atoms with Gasteiger partial charge in [-0.1, -0.05) is 12.1 Å². The van der Waals surface area contributed by atoms with E-state index in [1.165, 1.54) is 0 Å². The fourth-order valence-corrected chi connectivity index (χ4v) is 0.923. The predicted molar refractivity (Wildman–Crippen MR) is 47.2 cm³/mol. The Labute approximate surface area is 72.3 Å². The van der Waals surface area contributed by atoms with Gasteiger partial charge in [0.15, 0.2) is 0 Å². The van der Waals surface area contributed by atoms with E-state index in [1.54, 1.807) is 0 Å². The van der Waals surface area contributed by atoms with E-state index in [-0.39, 0.29) is 18.5 Å². The normalized spacial score (nSPS) is 14.7. The molecular weight excluding hydrogens is 158 g/mol. The Morgan fingerprint density at radius 3 is 2.75 bits per heavy atom. The van der Waals surface area contributed by atoms with Crippen molar-refractivity contribution in [2.75, 3.05) is 13.2 Å². The van der Waals surface area contributed by atoms with Crippen molar-refractivity contribution in [2.24, 2.45) is 10.9 Å². The number of aliphatic hydroxyl groups excluding tert-OH is 1. The van der Waals surface area contributed by atoms with Crippen LogP contribution < -0.4 is 11.1 Å². The quantitative estimate of drug-likeness (QED) is 0.189. The minimum atomic E-state index is 0.104. The van der Waals surface area contributed by atoms with Crippen LogP contribution in [0.15, 0.2) is 5.16 Å². The van der Waals surface area contributed by atoms with Gasteiger partial charge in [0.05, 0.1) is 6.61 Å². The van der Waals surface area contributed by atoms with Gasteiger partial charge in [-0.05, 0) is 6.42 Å². The lowest BCUT2D eigenvalue weighted by Crippen LogP contribution is -2.34. The summed E-state index contributed by atoms with van der Waals surface area (Å²) in [6.45, 7) is 2.64. The monoisotopic (exact) mass is 175 g/mol. The van der Waals surface area contributed by atoms with Gasteiger partial charge in [0, 0.05) is 19.0 Å². The molecule has 0 aromatic carbocycles. The number of nitrogens with two attached hydrogens (primary N) is 1. The van der Waals surface area contributed by atoms with Crippen LogP contribution in [0.3, 0.4) is 0 Å². The molecule has 12 heavy (non-hydrogen) atoms. The molecule has 0 amide bonds. The second-order valence-electron chi connectivity index (χ2n) is 2.58. The number of aliphatic hydroxyl groups is 1. The molecule has 0 bridgehead atoms. The highest BCUT2D eigenvalue weighted by Crippen LogP contribution is 1.96. The molecule has 0 fully saturated rings. The highest BCUT2D eigenvalue weighted by molar-refractivity contribution is 5.80. The first-order chi connectivity index (χ1) is 5.74. The molecule has 0 aromatic heterocycles. The van der Waals surface area contributed by atoms with Gasteiger partial charge >= 0.3 is 0 Å². The summed E-state index contributed by atoms with van der Waals surface area (Å²) in [5.74, 6) is 0.215. The Hall–Kier alpha value is -0.810. The van der Waals surface area contributed by atoms with Crippen molar-refractivity contribution < 1.29 is 10.3 Å². The number of amidine groups is 1. The van der Waals surface area contributed by atoms with E-state index in [1.807, 2.05) is 6.92 Å². The van der Waals surface area contributed by atoms with E-state index < -0.39 is 0 Å². The molecule has 0 saturated heterocycles. The van der Waals surface area contributed by atoms with Gasteiger partial charge in [0.2, 0.25) is 0 Å². The van der Waals surface area contributed by atoms with Gasteiger partial charge in [-0.2, -0.15) is 0 Å². The van der Waals surface area contributed by atoms with E-state index >= 15 is 0 Å². The Morgan fingerprint density at radius 2 is 2.33 bits per heavy atom. The van der Waals surface area contributed by atoms with Gasteiger partial charge < -0.3 is 21.4 Å². The molecule has 0 spiro atoms. The Morgan fingerprint density at radius 1 is 1.67 bits per heavy atom. The van der Waals surface area contributed by atoms with Crippen LogP contribution in [0, 0.1) is 0 Å². The van der Waals surface area contributed by atoms with E-state index in [2.05, 4.69) is 10.5 Å². The Bertz CT molecular complexity index is 139. The van der Waals surface area contributed by atoms with Crippen molar-refractivity contribution >= 4 is 5.84 Å². The maximum absolute atomic E-state index is 8.53. The summed E-state index contributed by atoms with van der Waals surface area (Å²) in [4.78, 5) is 0. The van der Waals surface area contributed by atoms with Crippen LogP contribution in [0.1, 0.15) is 19.8 Å². The molecule has 0 rings (SSSR count). The smallest absolute Gasteiger partial charge is 0.140 e. The molecule has 0 aromatic rings. The zero-order valence-electron chi connectivity index (χ0n) is 7.32. The maximum atomic E-state index is 8.53. The van der Waals surface area contributed by atoms with Crippen molar-refractivity contribution in [2.45, 2.75) is 25.8 Å². The topological polar surface area (TPSA) is 90.9 Å². The lowest BCUT2D eigenvalue weighted by Gasteiger charge is -2.14. The molecule has 0 heterocycles. The molecule has 5 nitrogen and oxygen atoms in total. The molecule has 72 valence electrons. The fourth-order valence-electron chi connectivity index (χ4n) is 0.923. The summed E-state index contributed by atoms with van der Waals surface area (Å²) < 4.78 is 0. The van der Waals surface area contributed by atoms with Crippen molar-refractivity contribution in [3.05, 3.63) is 0 Å². The molecule has 5 N–H and O–H groups in total. The van der Waals surface area contributed by atoms with Gasteiger partial charge in [-0.25, -0.2) is 0 Å². The van der Waals surface area contributed by atoms with Gasteiger partial charge in [-0.15, -0.1) is 0 Å². The van der Waals surface area contributed by atoms with E-state index in [0.717, 1.165) is 6.42 Å². The van der Waals surface area contributed by atoms with Crippen LogP contribution in [-0.2, 0) is 0 Å². The largest absolute Gasteiger partial charge is 0.409 e. The predicted octanol–water partition coefficient (Wildman–Crippen LogP) is -0.517. The zero-order valence-corrected chi connectivity index (χ0v) is 7.32. The number of rotatable bonds is 6. The average molecular weight is 175 g/mol. The number of hydrogen-bond donors (Lipinski definition) is 4. The lowest BCUT2D eigenvalue weighted by molar-refractivity contribution is 0.282. The highest BCUT2D eigenvalue weighted by Gasteiger charge is 2.06. The third-order valence-electron chi connectivity index (χ3n) is 1.62. The lowest BCUT2D eigenvalue weighted by atomic mass is 10.1. The molecule has 0 aliphatic carbocycles. The van der Waals surface area contributed by atoms with Crippen molar-refractivity contribution in [1.82, 2.24) is 5.32 Å². The van der Waals surface area contributed by atoms with Crippen molar-refractivity contribution in [1.29, 1.82) is 0 Å². The highest BCUT2D eigenvalue weighted by atomic mass is 16.4. The summed E-state index contributed by atoms with van der Waals surface area (Å²) in [6.07, 6.45) is 1.39. The minimum Gasteiger partial charge on any atom is -0.409 e. The Kier molecular flexibility index (Phi) is 6.41. The van der Waals surface area contributed by atoms with Gasteiger partial charge in [0.25, 0.3) is 0 Å². The van der Waals surface area contributed by atoms with E-state index in [9.17, 15) is 0 Å². The van der Waals surface area contributed by atoms with Gasteiger partial charge in [-0.3, -0.25) is 0 Å². The van der Waals surface area contributed by atoms with Crippen LogP contribution in [0.25, 0.3) is 0 Å². The molecule has 0 saturated carbocycles. The summed E-state index contributed by atoms with van der Waals surface area (Å²) in [5.41, 5.74) is 5.32. The first-order valence-electron chi connectivity index (χ1n) is 4.05. The molecule has 0 aliphatic heterocycles. The second kappa shape index (κ2) is 6.87. The molecule has 0 aliphatic rings. The first-order valence-corrected chi connectivity index (χ1v) is 4.05. The SMILES string of the molecule is CCC(CC(N)=NO)NCCO. The third-order valence-corrected chi connectivity index (χ3v) is 1.62. The first kappa shape index (κ1) is 11.2. The van der Waals surface area contributed by atoms with E-state index in [4.69, 9.17) is 16.0 Å². The molecular formula is C7H17N3O2. The summed E-state index contributed by atoms with van der Waals surface area (Å²) in [7, 11) is 0. The average Bonchev–Trinajstić information content (AvgIpc) is 2.11. The minimum absolute atomic E-state index is 0.104. The van der Waals surface area contributed by atoms with Crippen LogP contribution >= 0.6 is 0 Å². The van der Waals surface area contributed by atoms with Crippen molar-refractivity contribution in [3.63, 3.8) is 0 Å². The standard InChI is InChI=1S/C7H17N3O2/c1-2-6(9-3-4-11)5-7(8)10-12/h6,9,11-12H,2-5H2,1H3,(H2,8,10). The molecule has 5 heteroatoms. The molecule has 1 unspecified atom stereocenters. The zero-order chi connectivity index (χ0) is 9.40.